The van der Waals surface area contributed by atoms with Gasteiger partial charge in [0.1, 0.15) is 5.00 Å². The molecule has 0 saturated carbocycles. The Bertz CT molecular complexity index is 805. The molecule has 4 nitrogen and oxygen atoms in total. The molecule has 0 bridgehead atoms. The molecule has 0 aliphatic heterocycles. The zero-order valence-electron chi connectivity index (χ0n) is 12.9. The van der Waals surface area contributed by atoms with Crippen LogP contribution >= 0.6 is 11.3 Å². The minimum Gasteiger partial charge on any atom is -0.365 e. The molecule has 0 radical (unpaired) electrons. The Labute approximate surface area is 133 Å². The largest absolute Gasteiger partial charge is 0.365 e. The van der Waals surface area contributed by atoms with Gasteiger partial charge in [-0.15, -0.1) is 11.3 Å². The van der Waals surface area contributed by atoms with Crippen LogP contribution in [0.25, 0.3) is 10.4 Å². The molecular formula is C17H18N2O2S. The molecule has 3 N–H and O–H groups in total. The smallest absolute Gasteiger partial charge is 0.252 e. The van der Waals surface area contributed by atoms with Gasteiger partial charge in [-0.25, -0.2) is 0 Å². The molecule has 0 spiro atoms. The maximum atomic E-state index is 11.8. The molecule has 1 aliphatic carbocycles. The van der Waals surface area contributed by atoms with Gasteiger partial charge in [0.2, 0.25) is 5.91 Å². The molecule has 1 heterocycles. The maximum Gasteiger partial charge on any atom is 0.252 e. The van der Waals surface area contributed by atoms with Crippen molar-refractivity contribution in [3.63, 3.8) is 0 Å². The van der Waals surface area contributed by atoms with Gasteiger partial charge in [0, 0.05) is 11.8 Å². The number of nitrogens with one attached hydrogen (secondary N) is 1. The van der Waals surface area contributed by atoms with E-state index in [1.807, 2.05) is 0 Å². The fraction of sp³-hybridized carbons (Fsp3) is 0.294. The van der Waals surface area contributed by atoms with E-state index < -0.39 is 5.91 Å². The van der Waals surface area contributed by atoms with Gasteiger partial charge in [0.15, 0.2) is 0 Å². The highest BCUT2D eigenvalue weighted by molar-refractivity contribution is 7.20. The SMILES string of the molecule is CC(=O)Nc1sc2c(c1C(N)=O)CCc1cc(C)c(C)cc1-2. The fourth-order valence-corrected chi connectivity index (χ4v) is 4.34. The van der Waals surface area contributed by atoms with Crippen LogP contribution in [0.1, 0.15) is 39.5 Å². The van der Waals surface area contributed by atoms with Crippen LogP contribution in [0.15, 0.2) is 12.1 Å². The third kappa shape index (κ3) is 2.31. The van der Waals surface area contributed by atoms with Crippen molar-refractivity contribution in [1.29, 1.82) is 0 Å². The number of thiophene rings is 1. The van der Waals surface area contributed by atoms with Crippen LogP contribution < -0.4 is 11.1 Å². The molecule has 0 fully saturated rings. The average molecular weight is 314 g/mol. The molecule has 5 heteroatoms. The number of primary amides is 1. The average Bonchev–Trinajstić information content (AvgIpc) is 2.77. The van der Waals surface area contributed by atoms with Crippen molar-refractivity contribution in [3.05, 3.63) is 39.9 Å². The number of hydrogen-bond donors (Lipinski definition) is 2. The Kier molecular flexibility index (Phi) is 3.53. The van der Waals surface area contributed by atoms with Crippen molar-refractivity contribution in [1.82, 2.24) is 0 Å². The zero-order valence-corrected chi connectivity index (χ0v) is 13.7. The summed E-state index contributed by atoms with van der Waals surface area (Å²) in [6.07, 6.45) is 1.67. The van der Waals surface area contributed by atoms with Crippen molar-refractivity contribution in [2.24, 2.45) is 5.73 Å². The lowest BCUT2D eigenvalue weighted by molar-refractivity contribution is -0.114. The van der Waals surface area contributed by atoms with Crippen molar-refractivity contribution in [3.8, 4) is 10.4 Å². The lowest BCUT2D eigenvalue weighted by atomic mass is 9.87. The molecule has 0 unspecified atom stereocenters. The van der Waals surface area contributed by atoms with E-state index in [0.717, 1.165) is 28.8 Å². The molecule has 3 rings (SSSR count). The number of amides is 2. The molecule has 1 aromatic heterocycles. The van der Waals surface area contributed by atoms with E-state index in [1.54, 1.807) is 0 Å². The topological polar surface area (TPSA) is 72.2 Å². The summed E-state index contributed by atoms with van der Waals surface area (Å²) in [6.45, 7) is 5.63. The number of carbonyl (C=O) groups excluding carboxylic acids is 2. The first-order chi connectivity index (χ1) is 10.4. The maximum absolute atomic E-state index is 11.8. The Morgan fingerprint density at radius 2 is 1.86 bits per heavy atom. The minimum absolute atomic E-state index is 0.193. The second-order valence-corrected chi connectivity index (χ2v) is 6.77. The van der Waals surface area contributed by atoms with Gasteiger partial charge in [-0.05, 0) is 54.5 Å². The van der Waals surface area contributed by atoms with Crippen molar-refractivity contribution in [2.75, 3.05) is 5.32 Å². The first kappa shape index (κ1) is 14.8. The number of nitrogens with two attached hydrogens (primary N) is 1. The van der Waals surface area contributed by atoms with Crippen molar-refractivity contribution >= 4 is 28.2 Å². The molecule has 114 valence electrons. The van der Waals surface area contributed by atoms with E-state index in [9.17, 15) is 9.59 Å². The quantitative estimate of drug-likeness (QED) is 0.893. The number of anilines is 1. The Morgan fingerprint density at radius 1 is 1.18 bits per heavy atom. The second-order valence-electron chi connectivity index (χ2n) is 5.75. The van der Waals surface area contributed by atoms with E-state index in [2.05, 4.69) is 31.3 Å². The van der Waals surface area contributed by atoms with E-state index >= 15 is 0 Å². The molecule has 1 aromatic carbocycles. The third-order valence-corrected chi connectivity index (χ3v) is 5.33. The molecule has 0 saturated heterocycles. The van der Waals surface area contributed by atoms with Crippen molar-refractivity contribution < 1.29 is 9.59 Å². The first-order valence-electron chi connectivity index (χ1n) is 7.22. The van der Waals surface area contributed by atoms with Gasteiger partial charge >= 0.3 is 0 Å². The van der Waals surface area contributed by atoms with Gasteiger partial charge in [-0.2, -0.15) is 0 Å². The van der Waals surface area contributed by atoms with Gasteiger partial charge in [-0.1, -0.05) is 12.1 Å². The minimum atomic E-state index is -0.478. The predicted molar refractivity (Wildman–Crippen MR) is 89.5 cm³/mol. The lowest BCUT2D eigenvalue weighted by Gasteiger charge is -2.18. The number of hydrogen-bond acceptors (Lipinski definition) is 3. The highest BCUT2D eigenvalue weighted by Gasteiger charge is 2.27. The number of benzene rings is 1. The summed E-state index contributed by atoms with van der Waals surface area (Å²) in [7, 11) is 0. The van der Waals surface area contributed by atoms with E-state index in [-0.39, 0.29) is 5.91 Å². The summed E-state index contributed by atoms with van der Waals surface area (Å²) in [5.41, 5.74) is 11.9. The summed E-state index contributed by atoms with van der Waals surface area (Å²) < 4.78 is 0. The summed E-state index contributed by atoms with van der Waals surface area (Å²) in [4.78, 5) is 24.3. The lowest BCUT2D eigenvalue weighted by Crippen LogP contribution is -2.17. The number of fused-ring (bicyclic) bond motifs is 3. The van der Waals surface area contributed by atoms with Crippen molar-refractivity contribution in [2.45, 2.75) is 33.6 Å². The van der Waals surface area contributed by atoms with Crippen LogP contribution in [0.3, 0.4) is 0 Å². The standard InChI is InChI=1S/C17H18N2O2S/c1-8-6-11-4-5-12-14(16(18)21)17(19-10(3)20)22-15(12)13(11)7-9(8)2/h6-7H,4-5H2,1-3H3,(H2,18,21)(H,19,20). The number of aryl methyl sites for hydroxylation is 3. The van der Waals surface area contributed by atoms with E-state index in [4.69, 9.17) is 5.73 Å². The van der Waals surface area contributed by atoms with Gasteiger partial charge < -0.3 is 11.1 Å². The predicted octanol–water partition coefficient (Wildman–Crippen LogP) is 3.19. The number of carbonyl (C=O) groups is 2. The fourth-order valence-electron chi connectivity index (χ4n) is 2.98. The van der Waals surface area contributed by atoms with Crippen LogP contribution in [0.2, 0.25) is 0 Å². The molecule has 22 heavy (non-hydrogen) atoms. The third-order valence-electron chi connectivity index (χ3n) is 4.15. The zero-order chi connectivity index (χ0) is 16.0. The summed E-state index contributed by atoms with van der Waals surface area (Å²) in [5.74, 6) is -0.671. The molecule has 2 amide bonds. The highest BCUT2D eigenvalue weighted by atomic mass is 32.1. The van der Waals surface area contributed by atoms with Crippen LogP contribution in [0, 0.1) is 13.8 Å². The molecule has 0 atom stereocenters. The molecule has 2 aromatic rings. The van der Waals surface area contributed by atoms with Gasteiger partial charge in [0.05, 0.1) is 5.56 Å². The van der Waals surface area contributed by atoms with Crippen LogP contribution in [-0.2, 0) is 17.6 Å². The van der Waals surface area contributed by atoms with Crippen LogP contribution in [-0.4, -0.2) is 11.8 Å². The summed E-state index contributed by atoms with van der Waals surface area (Å²) in [6, 6.07) is 4.39. The molecular weight excluding hydrogens is 296 g/mol. The van der Waals surface area contributed by atoms with E-state index in [0.29, 0.717) is 10.6 Å². The Balaban J connectivity index is 2.23. The summed E-state index contributed by atoms with van der Waals surface area (Å²) in [5, 5.41) is 3.31. The van der Waals surface area contributed by atoms with Crippen LogP contribution in [0.4, 0.5) is 5.00 Å². The van der Waals surface area contributed by atoms with Crippen LogP contribution in [0.5, 0.6) is 0 Å². The Morgan fingerprint density at radius 3 is 2.50 bits per heavy atom. The summed E-state index contributed by atoms with van der Waals surface area (Å²) >= 11 is 1.44. The van der Waals surface area contributed by atoms with Gasteiger partial charge in [-0.3, -0.25) is 9.59 Å². The monoisotopic (exact) mass is 314 g/mol. The molecule has 1 aliphatic rings. The first-order valence-corrected chi connectivity index (χ1v) is 8.03. The number of rotatable bonds is 2. The normalized spacial score (nSPS) is 12.5. The highest BCUT2D eigenvalue weighted by Crippen LogP contribution is 2.45. The van der Waals surface area contributed by atoms with Gasteiger partial charge in [0.25, 0.3) is 5.91 Å². The second kappa shape index (κ2) is 5.25. The van der Waals surface area contributed by atoms with E-state index in [1.165, 1.54) is 35.0 Å². The Hall–Kier alpha value is -2.14.